The van der Waals surface area contributed by atoms with Crippen molar-refractivity contribution in [3.05, 3.63) is 47.5 Å². The molecule has 0 fully saturated rings. The fraction of sp³-hybridized carbons (Fsp3) is 0.250. The molecule has 0 spiro atoms. The molecule has 0 atom stereocenters. The first-order valence-electron chi connectivity index (χ1n) is 8.88. The highest BCUT2D eigenvalue weighted by atomic mass is 32.2. The Bertz CT molecular complexity index is 1020. The van der Waals surface area contributed by atoms with E-state index >= 15 is 0 Å². The number of urea groups is 1. The van der Waals surface area contributed by atoms with Gasteiger partial charge in [0.2, 0.25) is 5.91 Å². The van der Waals surface area contributed by atoms with E-state index in [-0.39, 0.29) is 5.75 Å². The number of nitrogens with zero attached hydrogens (tertiary/aromatic N) is 1. The summed E-state index contributed by atoms with van der Waals surface area (Å²) in [5.41, 5.74) is 4.34. The number of aromatic amines is 1. The second-order valence-electron chi connectivity index (χ2n) is 6.19. The van der Waals surface area contributed by atoms with Crippen molar-refractivity contribution in [1.82, 2.24) is 15.3 Å². The van der Waals surface area contributed by atoms with Crippen molar-refractivity contribution in [2.75, 3.05) is 17.7 Å². The fourth-order valence-corrected chi connectivity index (χ4v) is 3.31. The van der Waals surface area contributed by atoms with Crippen LogP contribution < -0.4 is 15.4 Å². The Kier molecular flexibility index (Phi) is 6.20. The van der Waals surface area contributed by atoms with Gasteiger partial charge in [-0.2, -0.15) is 0 Å². The number of thioether (sulfide) groups is 1. The van der Waals surface area contributed by atoms with Crippen LogP contribution in [0.2, 0.25) is 0 Å². The van der Waals surface area contributed by atoms with Crippen molar-refractivity contribution in [1.29, 1.82) is 0 Å². The van der Waals surface area contributed by atoms with Crippen molar-refractivity contribution < 1.29 is 14.3 Å². The Balaban J connectivity index is 1.54. The highest BCUT2D eigenvalue weighted by Gasteiger charge is 2.12. The first-order chi connectivity index (χ1) is 13.5. The Hall–Kier alpha value is -3.00. The predicted molar refractivity (Wildman–Crippen MR) is 111 cm³/mol. The predicted octanol–water partition coefficient (Wildman–Crippen LogP) is 4.02. The van der Waals surface area contributed by atoms with Gasteiger partial charge in [0, 0.05) is 11.8 Å². The minimum absolute atomic E-state index is 0.0678. The Labute approximate surface area is 167 Å². The molecule has 0 saturated carbocycles. The van der Waals surface area contributed by atoms with Crippen LogP contribution in [0.4, 0.5) is 10.5 Å². The fourth-order valence-electron chi connectivity index (χ4n) is 2.63. The lowest BCUT2D eigenvalue weighted by atomic mass is 10.1. The number of fused-ring (bicyclic) bond motifs is 1. The number of benzene rings is 2. The van der Waals surface area contributed by atoms with Crippen molar-refractivity contribution in [3.63, 3.8) is 0 Å². The molecular formula is C20H22N4O3S. The summed E-state index contributed by atoms with van der Waals surface area (Å²) in [6.07, 6.45) is 0. The maximum atomic E-state index is 12.1. The second-order valence-corrected chi connectivity index (χ2v) is 7.16. The Morgan fingerprint density at radius 1 is 1.21 bits per heavy atom. The summed E-state index contributed by atoms with van der Waals surface area (Å²) in [5.74, 6) is 0.428. The van der Waals surface area contributed by atoms with Crippen LogP contribution in [-0.2, 0) is 4.79 Å². The Morgan fingerprint density at radius 3 is 2.82 bits per heavy atom. The molecule has 3 amide bonds. The number of hydrogen-bond donors (Lipinski definition) is 3. The first kappa shape index (κ1) is 19.8. The van der Waals surface area contributed by atoms with Crippen LogP contribution in [0.1, 0.15) is 18.1 Å². The molecule has 0 saturated heterocycles. The molecule has 146 valence electrons. The number of carbonyl (C=O) groups excluding carboxylic acids is 2. The molecule has 0 bridgehead atoms. The number of nitrogens with one attached hydrogen (secondary N) is 3. The largest absolute Gasteiger partial charge is 0.494 e. The number of hydrogen-bond acceptors (Lipinski definition) is 5. The molecule has 3 aromatic rings. The molecule has 3 N–H and O–H groups in total. The Morgan fingerprint density at radius 2 is 2.04 bits per heavy atom. The summed E-state index contributed by atoms with van der Waals surface area (Å²) in [7, 11) is 0. The van der Waals surface area contributed by atoms with E-state index in [1.807, 2.05) is 51.1 Å². The lowest BCUT2D eigenvalue weighted by molar-refractivity contribution is -0.117. The van der Waals surface area contributed by atoms with Gasteiger partial charge in [-0.25, -0.2) is 9.78 Å². The van der Waals surface area contributed by atoms with Gasteiger partial charge in [-0.1, -0.05) is 23.9 Å². The van der Waals surface area contributed by atoms with Gasteiger partial charge in [0.15, 0.2) is 5.16 Å². The van der Waals surface area contributed by atoms with Crippen LogP contribution in [0.25, 0.3) is 11.0 Å². The van der Waals surface area contributed by atoms with Gasteiger partial charge < -0.3 is 15.0 Å². The highest BCUT2D eigenvalue weighted by Crippen LogP contribution is 2.23. The molecule has 0 unspecified atom stereocenters. The summed E-state index contributed by atoms with van der Waals surface area (Å²) < 4.78 is 5.47. The van der Waals surface area contributed by atoms with Gasteiger partial charge >= 0.3 is 6.03 Å². The molecular weight excluding hydrogens is 376 g/mol. The van der Waals surface area contributed by atoms with E-state index in [9.17, 15) is 9.59 Å². The van der Waals surface area contributed by atoms with Gasteiger partial charge in [-0.15, -0.1) is 0 Å². The van der Waals surface area contributed by atoms with Crippen LogP contribution in [0, 0.1) is 13.8 Å². The minimum Gasteiger partial charge on any atom is -0.494 e. The maximum Gasteiger partial charge on any atom is 0.325 e. The SMILES string of the molecule is CCOc1ccc2nc(SCC(=O)NC(=O)Nc3cccc(C)c3C)[nH]c2c1. The third kappa shape index (κ3) is 4.83. The number of ether oxygens (including phenoxy) is 1. The van der Waals surface area contributed by atoms with Gasteiger partial charge in [-0.3, -0.25) is 10.1 Å². The van der Waals surface area contributed by atoms with E-state index in [1.54, 1.807) is 6.07 Å². The quantitative estimate of drug-likeness (QED) is 0.545. The molecule has 1 aromatic heterocycles. The normalized spacial score (nSPS) is 10.7. The number of anilines is 1. The number of H-pyrrole nitrogens is 1. The van der Waals surface area contributed by atoms with Crippen molar-refractivity contribution in [3.8, 4) is 5.75 Å². The summed E-state index contributed by atoms with van der Waals surface area (Å²) in [6.45, 7) is 6.39. The first-order valence-corrected chi connectivity index (χ1v) is 9.87. The van der Waals surface area contributed by atoms with E-state index < -0.39 is 11.9 Å². The molecule has 0 aliphatic carbocycles. The number of imidazole rings is 1. The van der Waals surface area contributed by atoms with Crippen molar-refractivity contribution >= 4 is 40.4 Å². The topological polar surface area (TPSA) is 96.1 Å². The zero-order valence-corrected chi connectivity index (χ0v) is 16.8. The molecule has 2 aromatic carbocycles. The number of imide groups is 1. The lowest BCUT2D eigenvalue weighted by Crippen LogP contribution is -2.35. The summed E-state index contributed by atoms with van der Waals surface area (Å²) in [6, 6.07) is 10.6. The molecule has 28 heavy (non-hydrogen) atoms. The molecule has 0 radical (unpaired) electrons. The zero-order chi connectivity index (χ0) is 20.1. The van der Waals surface area contributed by atoms with E-state index in [4.69, 9.17) is 4.74 Å². The van der Waals surface area contributed by atoms with Crippen LogP contribution in [0.3, 0.4) is 0 Å². The maximum absolute atomic E-state index is 12.1. The zero-order valence-electron chi connectivity index (χ0n) is 16.0. The summed E-state index contributed by atoms with van der Waals surface area (Å²) in [4.78, 5) is 31.7. The van der Waals surface area contributed by atoms with Crippen LogP contribution in [0.15, 0.2) is 41.6 Å². The van der Waals surface area contributed by atoms with Crippen LogP contribution >= 0.6 is 11.8 Å². The highest BCUT2D eigenvalue weighted by molar-refractivity contribution is 7.99. The second kappa shape index (κ2) is 8.79. The minimum atomic E-state index is -0.551. The smallest absolute Gasteiger partial charge is 0.325 e. The third-order valence-electron chi connectivity index (χ3n) is 4.19. The van der Waals surface area contributed by atoms with Crippen LogP contribution in [-0.4, -0.2) is 34.3 Å². The summed E-state index contributed by atoms with van der Waals surface area (Å²) in [5, 5.41) is 5.64. The van der Waals surface area contributed by atoms with Crippen molar-refractivity contribution in [2.24, 2.45) is 0 Å². The van der Waals surface area contributed by atoms with Crippen LogP contribution in [0.5, 0.6) is 5.75 Å². The van der Waals surface area contributed by atoms with E-state index in [2.05, 4.69) is 20.6 Å². The number of amides is 3. The molecule has 0 aliphatic heterocycles. The average molecular weight is 398 g/mol. The lowest BCUT2D eigenvalue weighted by Gasteiger charge is -2.10. The van der Waals surface area contributed by atoms with Gasteiger partial charge in [-0.05, 0) is 50.1 Å². The van der Waals surface area contributed by atoms with Gasteiger partial charge in [0.25, 0.3) is 0 Å². The van der Waals surface area contributed by atoms with E-state index in [0.717, 1.165) is 27.9 Å². The van der Waals surface area contributed by atoms with E-state index in [0.29, 0.717) is 17.5 Å². The van der Waals surface area contributed by atoms with Gasteiger partial charge in [0.05, 0.1) is 23.4 Å². The number of rotatable bonds is 6. The summed E-state index contributed by atoms with van der Waals surface area (Å²) >= 11 is 1.23. The van der Waals surface area contributed by atoms with Crippen molar-refractivity contribution in [2.45, 2.75) is 25.9 Å². The third-order valence-corrected chi connectivity index (χ3v) is 5.06. The molecule has 0 aliphatic rings. The number of aryl methyl sites for hydroxylation is 1. The molecule has 3 rings (SSSR count). The van der Waals surface area contributed by atoms with E-state index in [1.165, 1.54) is 11.8 Å². The average Bonchev–Trinajstić information content (AvgIpc) is 3.06. The monoisotopic (exact) mass is 398 g/mol. The van der Waals surface area contributed by atoms with Gasteiger partial charge in [0.1, 0.15) is 5.75 Å². The number of carbonyl (C=O) groups is 2. The molecule has 8 heteroatoms. The standard InChI is InChI=1S/C20H22N4O3S/c1-4-27-14-8-9-16-17(10-14)23-20(22-16)28-11-18(25)24-19(26)21-15-7-5-6-12(2)13(15)3/h5-10H,4,11H2,1-3H3,(H,22,23)(H2,21,24,25,26). The molecule has 7 nitrogen and oxygen atoms in total. The molecule has 1 heterocycles. The number of aromatic nitrogens is 2.